The van der Waals surface area contributed by atoms with Gasteiger partial charge in [0, 0.05) is 31.2 Å². The number of benzene rings is 2. The van der Waals surface area contributed by atoms with Gasteiger partial charge in [0.25, 0.3) is 0 Å². The first-order chi connectivity index (χ1) is 15.5. The summed E-state index contributed by atoms with van der Waals surface area (Å²) in [5.41, 5.74) is 0.547. The molecule has 3 rings (SSSR count). The number of carbonyl (C=O) groups excluding carboxylic acids is 1. The lowest BCUT2D eigenvalue weighted by Crippen LogP contribution is -2.41. The van der Waals surface area contributed by atoms with Crippen molar-refractivity contribution >= 4 is 27.7 Å². The van der Waals surface area contributed by atoms with Crippen molar-refractivity contribution in [2.45, 2.75) is 24.3 Å². The second-order valence-electron chi connectivity index (χ2n) is 7.24. The summed E-state index contributed by atoms with van der Waals surface area (Å²) < 4.78 is 38.2. The number of morpholine rings is 1. The van der Waals surface area contributed by atoms with E-state index in [1.807, 2.05) is 12.1 Å². The van der Waals surface area contributed by atoms with Crippen molar-refractivity contribution in [2.75, 3.05) is 39.5 Å². The van der Waals surface area contributed by atoms with Gasteiger partial charge in [-0.3, -0.25) is 0 Å². The Bertz CT molecular complexity index is 979. The third-order valence-electron chi connectivity index (χ3n) is 4.94. The topological polar surface area (TPSA) is 97.0 Å². The smallest absolute Gasteiger partial charge is 0.315 e. The molecule has 1 saturated heterocycles. The third kappa shape index (κ3) is 7.09. The highest BCUT2D eigenvalue weighted by Gasteiger charge is 2.28. The number of sulfonamides is 1. The molecule has 174 valence electrons. The van der Waals surface area contributed by atoms with Crippen LogP contribution in [0.1, 0.15) is 18.4 Å². The summed E-state index contributed by atoms with van der Waals surface area (Å²) in [5.74, 6) is 0.755. The van der Waals surface area contributed by atoms with Crippen molar-refractivity contribution in [2.24, 2.45) is 0 Å². The van der Waals surface area contributed by atoms with Crippen LogP contribution in [0.15, 0.2) is 53.4 Å². The van der Waals surface area contributed by atoms with Crippen LogP contribution in [0.5, 0.6) is 5.75 Å². The number of nitrogens with zero attached hydrogens (tertiary/aromatic N) is 1. The van der Waals surface area contributed by atoms with Crippen molar-refractivity contribution in [3.63, 3.8) is 0 Å². The number of halogens is 1. The zero-order valence-electron chi connectivity index (χ0n) is 17.8. The Labute approximate surface area is 193 Å². The van der Waals surface area contributed by atoms with Crippen LogP contribution in [0.4, 0.5) is 4.79 Å². The summed E-state index contributed by atoms with van der Waals surface area (Å²) in [7, 11) is -3.63. The normalized spacial score (nSPS) is 14.7. The monoisotopic (exact) mass is 481 g/mol. The molecule has 0 bridgehead atoms. The number of carbonyl (C=O) groups is 1. The number of hydrogen-bond donors (Lipinski definition) is 2. The number of unbranched alkanes of at least 4 members (excludes halogenated alkanes) is 1. The molecule has 2 aromatic rings. The molecule has 2 aromatic carbocycles. The standard InChI is InChI=1S/C22H28ClN3O5S/c23-19-7-9-20(10-8-19)31-14-4-3-11-24-22(27)25-17-18-5-1-2-6-21(18)32(28,29)26-12-15-30-16-13-26/h1-2,5-10H,3-4,11-17H2,(H2,24,25,27). The Hall–Kier alpha value is -2.33. The summed E-state index contributed by atoms with van der Waals surface area (Å²) in [4.78, 5) is 12.3. The molecule has 1 heterocycles. The van der Waals surface area contributed by atoms with E-state index >= 15 is 0 Å². The Morgan fingerprint density at radius 2 is 1.75 bits per heavy atom. The maximum absolute atomic E-state index is 13.0. The minimum absolute atomic E-state index is 0.116. The lowest BCUT2D eigenvalue weighted by Gasteiger charge is -2.27. The van der Waals surface area contributed by atoms with Gasteiger partial charge in [-0.15, -0.1) is 0 Å². The Morgan fingerprint density at radius 1 is 1.03 bits per heavy atom. The summed E-state index contributed by atoms with van der Waals surface area (Å²) in [6, 6.07) is 13.5. The summed E-state index contributed by atoms with van der Waals surface area (Å²) in [5, 5.41) is 6.18. The fraction of sp³-hybridized carbons (Fsp3) is 0.409. The molecule has 32 heavy (non-hydrogen) atoms. The van der Waals surface area contributed by atoms with Crippen LogP contribution in [0.3, 0.4) is 0 Å². The largest absolute Gasteiger partial charge is 0.494 e. The van der Waals surface area contributed by atoms with Crippen molar-refractivity contribution in [3.05, 3.63) is 59.1 Å². The quantitative estimate of drug-likeness (QED) is 0.508. The summed E-state index contributed by atoms with van der Waals surface area (Å²) in [6.07, 6.45) is 1.53. The van der Waals surface area contributed by atoms with Crippen molar-refractivity contribution in [3.8, 4) is 5.75 Å². The molecule has 0 saturated carbocycles. The average molecular weight is 482 g/mol. The van der Waals surface area contributed by atoms with Crippen molar-refractivity contribution < 1.29 is 22.7 Å². The molecule has 1 fully saturated rings. The van der Waals surface area contributed by atoms with E-state index in [2.05, 4.69) is 10.6 Å². The Balaban J connectivity index is 1.40. The first kappa shape index (κ1) is 24.3. The predicted molar refractivity (Wildman–Crippen MR) is 122 cm³/mol. The molecule has 0 atom stereocenters. The second-order valence-corrected chi connectivity index (χ2v) is 9.59. The van der Waals surface area contributed by atoms with Crippen LogP contribution in [0.25, 0.3) is 0 Å². The molecule has 2 amide bonds. The maximum Gasteiger partial charge on any atom is 0.315 e. The first-order valence-corrected chi connectivity index (χ1v) is 12.3. The molecule has 0 radical (unpaired) electrons. The van der Waals surface area contributed by atoms with Gasteiger partial charge in [-0.25, -0.2) is 13.2 Å². The molecule has 0 aliphatic carbocycles. The fourth-order valence-electron chi connectivity index (χ4n) is 3.22. The van der Waals surface area contributed by atoms with E-state index in [0.29, 0.717) is 50.0 Å². The Morgan fingerprint density at radius 3 is 2.50 bits per heavy atom. The zero-order chi connectivity index (χ0) is 22.8. The second kappa shape index (κ2) is 12.1. The summed E-state index contributed by atoms with van der Waals surface area (Å²) in [6.45, 7) is 2.56. The number of hydrogen-bond acceptors (Lipinski definition) is 5. The van der Waals surface area contributed by atoms with E-state index in [0.717, 1.165) is 18.6 Å². The SMILES string of the molecule is O=C(NCCCCOc1ccc(Cl)cc1)NCc1ccccc1S(=O)(=O)N1CCOCC1. The van der Waals surface area contributed by atoms with Crippen molar-refractivity contribution in [1.29, 1.82) is 0 Å². The molecule has 0 aromatic heterocycles. The van der Waals surface area contributed by atoms with Gasteiger partial charge in [0.15, 0.2) is 0 Å². The van der Waals surface area contributed by atoms with Gasteiger partial charge in [-0.2, -0.15) is 4.31 Å². The number of ether oxygens (including phenoxy) is 2. The van der Waals surface area contributed by atoms with Crippen molar-refractivity contribution in [1.82, 2.24) is 14.9 Å². The van der Waals surface area contributed by atoms with Gasteiger partial charge in [0.05, 0.1) is 24.7 Å². The lowest BCUT2D eigenvalue weighted by atomic mass is 10.2. The fourth-order valence-corrected chi connectivity index (χ4v) is 4.97. The van der Waals surface area contributed by atoms with Gasteiger partial charge < -0.3 is 20.1 Å². The van der Waals surface area contributed by atoms with Crippen LogP contribution in [0, 0.1) is 0 Å². The van der Waals surface area contributed by atoms with E-state index in [4.69, 9.17) is 21.1 Å². The van der Waals surface area contributed by atoms with E-state index < -0.39 is 10.0 Å². The number of urea groups is 1. The highest BCUT2D eigenvalue weighted by Crippen LogP contribution is 2.21. The van der Waals surface area contributed by atoms with Gasteiger partial charge in [0.1, 0.15) is 5.75 Å². The van der Waals surface area contributed by atoms with Crippen LogP contribution in [0.2, 0.25) is 5.02 Å². The first-order valence-electron chi connectivity index (χ1n) is 10.5. The van der Waals surface area contributed by atoms with E-state index in [9.17, 15) is 13.2 Å². The summed E-state index contributed by atoms with van der Waals surface area (Å²) >= 11 is 5.84. The van der Waals surface area contributed by atoms with Crippen LogP contribution < -0.4 is 15.4 Å². The third-order valence-corrected chi connectivity index (χ3v) is 7.19. The highest BCUT2D eigenvalue weighted by molar-refractivity contribution is 7.89. The molecule has 1 aliphatic rings. The Kier molecular flexibility index (Phi) is 9.16. The molecular weight excluding hydrogens is 454 g/mol. The number of nitrogens with one attached hydrogen (secondary N) is 2. The van der Waals surface area contributed by atoms with Gasteiger partial charge in [-0.1, -0.05) is 29.8 Å². The average Bonchev–Trinajstić information content (AvgIpc) is 2.82. The van der Waals surface area contributed by atoms with Crippen LogP contribution >= 0.6 is 11.6 Å². The molecule has 1 aliphatic heterocycles. The number of rotatable bonds is 10. The van der Waals surface area contributed by atoms with E-state index in [1.165, 1.54) is 4.31 Å². The minimum atomic E-state index is -3.63. The van der Waals surface area contributed by atoms with Crippen LogP contribution in [-0.4, -0.2) is 58.2 Å². The maximum atomic E-state index is 13.0. The number of amides is 2. The lowest BCUT2D eigenvalue weighted by molar-refractivity contribution is 0.0730. The van der Waals surface area contributed by atoms with Crippen LogP contribution in [-0.2, 0) is 21.3 Å². The van der Waals surface area contributed by atoms with Gasteiger partial charge >= 0.3 is 6.03 Å². The molecule has 8 nitrogen and oxygen atoms in total. The van der Waals surface area contributed by atoms with E-state index in [1.54, 1.807) is 36.4 Å². The highest BCUT2D eigenvalue weighted by atomic mass is 35.5. The molecule has 0 unspecified atom stereocenters. The van der Waals surface area contributed by atoms with E-state index in [-0.39, 0.29) is 17.5 Å². The van der Waals surface area contributed by atoms with Gasteiger partial charge in [-0.05, 0) is 48.7 Å². The predicted octanol–water partition coefficient (Wildman–Crippen LogP) is 3.02. The molecule has 10 heteroatoms. The molecule has 0 spiro atoms. The molecule has 2 N–H and O–H groups in total. The minimum Gasteiger partial charge on any atom is -0.494 e. The molecular formula is C22H28ClN3O5S. The zero-order valence-corrected chi connectivity index (χ0v) is 19.3. The van der Waals surface area contributed by atoms with Gasteiger partial charge in [0.2, 0.25) is 10.0 Å².